The first-order valence-electron chi connectivity index (χ1n) is 3.33. The van der Waals surface area contributed by atoms with Crippen LogP contribution in [-0.2, 0) is 19.3 Å². The summed E-state index contributed by atoms with van der Waals surface area (Å²) in [4.78, 5) is 47.3. The van der Waals surface area contributed by atoms with Gasteiger partial charge in [0.15, 0.2) is 0 Å². The van der Waals surface area contributed by atoms with Crippen molar-refractivity contribution in [3.63, 3.8) is 0 Å². The van der Waals surface area contributed by atoms with E-state index in [0.29, 0.717) is 0 Å². The number of hydrogen-bond donors (Lipinski definition) is 2. The van der Waals surface area contributed by atoms with Crippen LogP contribution in [-0.4, -0.2) is 44.5 Å². The number of hydrogen-bond acceptors (Lipinski definition) is 8. The van der Waals surface area contributed by atoms with Crippen LogP contribution in [0.4, 0.5) is 0 Å². The Labute approximate surface area is 85.2 Å². The van der Waals surface area contributed by atoms with Crippen molar-refractivity contribution in [3.8, 4) is 0 Å². The molecule has 0 aromatic carbocycles. The first-order chi connectivity index (χ1) is 7.25. The number of carbonyl (C=O) groups is 2. The fraction of sp³-hybridized carbons (Fsp3) is 0.500. The Hall–Kier alpha value is -2.66. The van der Waals surface area contributed by atoms with Crippen LogP contribution >= 0.6 is 0 Å². The molecular weight excluding hydrogens is 236 g/mol. The van der Waals surface area contributed by atoms with Gasteiger partial charge in [0.05, 0.1) is 0 Å². The van der Waals surface area contributed by atoms with E-state index in [9.17, 15) is 29.8 Å². The highest BCUT2D eigenvalue weighted by Gasteiger charge is 2.40. The van der Waals surface area contributed by atoms with E-state index in [-0.39, 0.29) is 0 Å². The minimum absolute atomic E-state index is 1.60. The molecule has 0 heterocycles. The Balaban J connectivity index is 4.93. The summed E-state index contributed by atoms with van der Waals surface area (Å²) < 4.78 is 0. The molecule has 0 aromatic heterocycles. The Morgan fingerprint density at radius 3 is 1.31 bits per heavy atom. The van der Waals surface area contributed by atoms with Gasteiger partial charge in [0.25, 0.3) is 10.2 Å². The first kappa shape index (κ1) is 13.3. The van der Waals surface area contributed by atoms with Crippen LogP contribution in [0.25, 0.3) is 0 Å². The summed E-state index contributed by atoms with van der Waals surface area (Å²) in [6.07, 6.45) is -5.28. The number of carboxylic acid groups (broad SMARTS) is 2. The van der Waals surface area contributed by atoms with E-state index in [4.69, 9.17) is 10.2 Å². The van der Waals surface area contributed by atoms with Gasteiger partial charge in [0.2, 0.25) is 12.2 Å². The van der Waals surface area contributed by atoms with E-state index in [1.807, 2.05) is 0 Å². The normalized spacial score (nSPS) is 13.2. The van der Waals surface area contributed by atoms with Gasteiger partial charge in [-0.1, -0.05) is 0 Å². The largest absolute Gasteiger partial charge is 0.480 e. The van der Waals surface area contributed by atoms with E-state index in [1.54, 1.807) is 0 Å². The van der Waals surface area contributed by atoms with Crippen molar-refractivity contribution in [2.45, 2.75) is 12.2 Å². The van der Waals surface area contributed by atoms with Crippen molar-refractivity contribution >= 4 is 11.9 Å². The highest BCUT2D eigenvalue weighted by molar-refractivity contribution is 5.83. The third-order valence-electron chi connectivity index (χ3n) is 1.16. The molecule has 2 atom stereocenters. The zero-order valence-corrected chi connectivity index (χ0v) is 7.21. The molecule has 0 unspecified atom stereocenters. The minimum Gasteiger partial charge on any atom is -0.480 e. The van der Waals surface area contributed by atoms with Gasteiger partial charge < -0.3 is 10.2 Å². The maximum Gasteiger partial charge on any atom is 0.335 e. The van der Waals surface area contributed by atoms with Gasteiger partial charge in [-0.05, 0) is 0 Å². The van der Waals surface area contributed by atoms with Crippen LogP contribution in [0.1, 0.15) is 0 Å². The maximum atomic E-state index is 10.4. The predicted molar refractivity (Wildman–Crippen MR) is 39.0 cm³/mol. The van der Waals surface area contributed by atoms with Crippen LogP contribution < -0.4 is 0 Å². The third kappa shape index (κ3) is 4.03. The third-order valence-corrected chi connectivity index (χ3v) is 1.16. The number of rotatable bonds is 7. The van der Waals surface area contributed by atoms with Crippen LogP contribution in [0.3, 0.4) is 0 Å². The van der Waals surface area contributed by atoms with E-state index >= 15 is 0 Å². The molecule has 2 N–H and O–H groups in total. The molecule has 16 heavy (non-hydrogen) atoms. The van der Waals surface area contributed by atoms with Crippen LogP contribution in [0.15, 0.2) is 0 Å². The molecule has 0 fully saturated rings. The van der Waals surface area contributed by atoms with E-state index in [0.717, 1.165) is 0 Å². The summed E-state index contributed by atoms with van der Waals surface area (Å²) in [6.45, 7) is 0. The average molecular weight is 240 g/mol. The zero-order valence-electron chi connectivity index (χ0n) is 7.21. The van der Waals surface area contributed by atoms with Crippen molar-refractivity contribution in [3.05, 3.63) is 20.2 Å². The number of nitrogens with zero attached hydrogens (tertiary/aromatic N) is 2. The van der Waals surface area contributed by atoms with Gasteiger partial charge in [-0.15, -0.1) is 20.2 Å². The highest BCUT2D eigenvalue weighted by atomic mass is 17.0. The van der Waals surface area contributed by atoms with Crippen molar-refractivity contribution in [2.75, 3.05) is 0 Å². The Bertz CT molecular complexity index is 293. The average Bonchev–Trinajstić information content (AvgIpc) is 2.09. The van der Waals surface area contributed by atoms with Gasteiger partial charge in [0.1, 0.15) is 0 Å². The van der Waals surface area contributed by atoms with Gasteiger partial charge in [-0.2, -0.15) is 0 Å². The predicted octanol–water partition coefficient (Wildman–Crippen LogP) is -1.69. The smallest absolute Gasteiger partial charge is 0.335 e. The van der Waals surface area contributed by atoms with E-state index in [2.05, 4.69) is 9.68 Å². The van der Waals surface area contributed by atoms with Gasteiger partial charge in [0, 0.05) is 0 Å². The molecule has 0 amide bonds. The molecule has 12 heteroatoms. The van der Waals surface area contributed by atoms with Crippen molar-refractivity contribution < 1.29 is 39.7 Å². The fourth-order valence-corrected chi connectivity index (χ4v) is 0.645. The maximum absolute atomic E-state index is 10.4. The van der Waals surface area contributed by atoms with Crippen molar-refractivity contribution in [1.82, 2.24) is 0 Å². The van der Waals surface area contributed by atoms with Gasteiger partial charge in [-0.25, -0.2) is 9.59 Å². The van der Waals surface area contributed by atoms with E-state index in [1.165, 1.54) is 0 Å². The monoisotopic (exact) mass is 240 g/mol. The number of carboxylic acids is 2. The zero-order chi connectivity index (χ0) is 12.9. The van der Waals surface area contributed by atoms with E-state index < -0.39 is 34.3 Å². The molecular formula is C4H4N2O10. The van der Waals surface area contributed by atoms with Crippen molar-refractivity contribution in [2.24, 2.45) is 0 Å². The topological polar surface area (TPSA) is 179 Å². The second-order valence-electron chi connectivity index (χ2n) is 2.18. The van der Waals surface area contributed by atoms with Gasteiger partial charge >= 0.3 is 11.9 Å². The molecule has 0 rings (SSSR count). The lowest BCUT2D eigenvalue weighted by atomic mass is 10.2. The highest BCUT2D eigenvalue weighted by Crippen LogP contribution is 2.06. The molecule has 0 saturated heterocycles. The summed E-state index contributed by atoms with van der Waals surface area (Å²) >= 11 is 0. The van der Waals surface area contributed by atoms with Crippen LogP contribution in [0, 0.1) is 20.2 Å². The lowest BCUT2D eigenvalue weighted by Crippen LogP contribution is -2.45. The molecule has 0 aromatic rings. The Morgan fingerprint density at radius 2 is 1.19 bits per heavy atom. The molecule has 0 saturated carbocycles. The summed E-state index contributed by atoms with van der Waals surface area (Å²) in [6, 6.07) is 0. The molecule has 0 spiro atoms. The van der Waals surface area contributed by atoms with Crippen molar-refractivity contribution in [1.29, 1.82) is 0 Å². The number of aliphatic carboxylic acids is 2. The summed E-state index contributed by atoms with van der Waals surface area (Å²) in [7, 11) is 0. The molecule has 0 bridgehead atoms. The van der Waals surface area contributed by atoms with Crippen LogP contribution in [0.5, 0.6) is 0 Å². The molecule has 0 aliphatic rings. The fourth-order valence-electron chi connectivity index (χ4n) is 0.645. The lowest BCUT2D eigenvalue weighted by molar-refractivity contribution is -0.792. The standard InChI is InChI=1S/C4H4N2O10/c7-3(8)1(15-5(11)12)2(4(9)10)16-6(13)14/h1-2H,(H,7,8)(H,9,10)/t1-,2-/m1/s1. The molecule has 0 aliphatic carbocycles. The summed E-state index contributed by atoms with van der Waals surface area (Å²) in [5.74, 6) is -4.18. The van der Waals surface area contributed by atoms with Gasteiger partial charge in [-0.3, -0.25) is 9.68 Å². The summed E-state index contributed by atoms with van der Waals surface area (Å²) in [5, 5.41) is 33.2. The quantitative estimate of drug-likeness (QED) is 0.384. The van der Waals surface area contributed by atoms with Crippen LogP contribution in [0.2, 0.25) is 0 Å². The second kappa shape index (κ2) is 5.28. The Kier molecular flexibility index (Phi) is 4.40. The molecule has 90 valence electrons. The lowest BCUT2D eigenvalue weighted by Gasteiger charge is -2.15. The molecule has 0 radical (unpaired) electrons. The second-order valence-corrected chi connectivity index (χ2v) is 2.18. The molecule has 12 nitrogen and oxygen atoms in total. The SMILES string of the molecule is O=C(O)[C@H](O[N+](=O)[O-])[C@@H](O[N+](=O)[O-])C(=O)O. The first-order valence-corrected chi connectivity index (χ1v) is 3.33. The Morgan fingerprint density at radius 1 is 0.938 bits per heavy atom. The minimum atomic E-state index is -2.64. The molecule has 0 aliphatic heterocycles. The summed E-state index contributed by atoms with van der Waals surface area (Å²) in [5.41, 5.74) is 0.